The summed E-state index contributed by atoms with van der Waals surface area (Å²) < 4.78 is 33.7. The topological polar surface area (TPSA) is 61.2 Å². The van der Waals surface area contributed by atoms with Gasteiger partial charge in [0.2, 0.25) is 0 Å². The van der Waals surface area contributed by atoms with E-state index in [4.69, 9.17) is 4.74 Å². The van der Waals surface area contributed by atoms with Crippen LogP contribution in [0.1, 0.15) is 33.8 Å². The number of hydrogen-bond acceptors (Lipinski definition) is 5. The molecule has 1 aromatic carbocycles. The zero-order chi connectivity index (χ0) is 18.3. The summed E-state index contributed by atoms with van der Waals surface area (Å²) in [6, 6.07) is 2.96. The third-order valence-corrected chi connectivity index (χ3v) is 5.06. The number of ether oxygens (including phenoxy) is 1. The fourth-order valence-corrected chi connectivity index (χ4v) is 3.53. The van der Waals surface area contributed by atoms with E-state index in [9.17, 15) is 18.4 Å². The first-order chi connectivity index (χ1) is 11.8. The summed E-state index contributed by atoms with van der Waals surface area (Å²) in [4.78, 5) is 29.4. The van der Waals surface area contributed by atoms with Gasteiger partial charge in [0.1, 0.15) is 27.4 Å². The fourth-order valence-electron chi connectivity index (χ4n) is 2.51. The van der Waals surface area contributed by atoms with E-state index >= 15 is 0 Å². The van der Waals surface area contributed by atoms with Crippen molar-refractivity contribution in [3.05, 3.63) is 62.5 Å². The maximum Gasteiger partial charge on any atom is 0.349 e. The Morgan fingerprint density at radius 3 is 2.80 bits per heavy atom. The standard InChI is InChI=1S/C17H14F2N2O3S/c1-8-13-15(20-7-21(3)16(13)22)25-14(8)17(23)24-9(2)11-6-10(18)4-5-12(11)19/h4-7,9H,1-3H3. The van der Waals surface area contributed by atoms with Gasteiger partial charge in [-0.3, -0.25) is 4.79 Å². The van der Waals surface area contributed by atoms with Crippen molar-refractivity contribution in [3.8, 4) is 0 Å². The Bertz CT molecular complexity index is 1040. The normalized spacial score (nSPS) is 12.4. The summed E-state index contributed by atoms with van der Waals surface area (Å²) in [7, 11) is 1.57. The van der Waals surface area contributed by atoms with Gasteiger partial charge in [-0.25, -0.2) is 18.6 Å². The number of fused-ring (bicyclic) bond motifs is 1. The van der Waals surface area contributed by atoms with E-state index in [-0.39, 0.29) is 16.0 Å². The molecule has 5 nitrogen and oxygen atoms in total. The number of nitrogens with zero attached hydrogens (tertiary/aromatic N) is 2. The number of benzene rings is 1. The van der Waals surface area contributed by atoms with Crippen LogP contribution in [-0.4, -0.2) is 15.5 Å². The minimum atomic E-state index is -0.983. The first kappa shape index (κ1) is 17.2. The van der Waals surface area contributed by atoms with Crippen LogP contribution in [0.15, 0.2) is 29.3 Å². The summed E-state index contributed by atoms with van der Waals surface area (Å²) in [5.74, 6) is -1.99. The highest BCUT2D eigenvalue weighted by Crippen LogP contribution is 2.30. The lowest BCUT2D eigenvalue weighted by atomic mass is 10.1. The van der Waals surface area contributed by atoms with Crippen LogP contribution in [-0.2, 0) is 11.8 Å². The van der Waals surface area contributed by atoms with Crippen molar-refractivity contribution in [2.45, 2.75) is 20.0 Å². The Morgan fingerprint density at radius 1 is 1.36 bits per heavy atom. The number of carbonyl (C=O) groups excluding carboxylic acids is 1. The Hall–Kier alpha value is -2.61. The van der Waals surface area contributed by atoms with Crippen molar-refractivity contribution in [1.82, 2.24) is 9.55 Å². The summed E-state index contributed by atoms with van der Waals surface area (Å²) in [6.45, 7) is 3.08. The highest BCUT2D eigenvalue weighted by Gasteiger charge is 2.23. The van der Waals surface area contributed by atoms with Crippen molar-refractivity contribution < 1.29 is 18.3 Å². The molecule has 8 heteroatoms. The van der Waals surface area contributed by atoms with Gasteiger partial charge in [0.25, 0.3) is 5.56 Å². The second-order valence-electron chi connectivity index (χ2n) is 5.61. The molecular formula is C17H14F2N2O3S. The van der Waals surface area contributed by atoms with Crippen molar-refractivity contribution in [1.29, 1.82) is 0 Å². The van der Waals surface area contributed by atoms with Gasteiger partial charge in [0, 0.05) is 12.6 Å². The Labute approximate surface area is 145 Å². The zero-order valence-electron chi connectivity index (χ0n) is 13.7. The van der Waals surface area contributed by atoms with E-state index in [1.54, 1.807) is 14.0 Å². The predicted octanol–water partition coefficient (Wildman–Crippen LogP) is 3.50. The summed E-state index contributed by atoms with van der Waals surface area (Å²) in [5.41, 5.74) is 0.147. The van der Waals surface area contributed by atoms with Gasteiger partial charge in [-0.05, 0) is 37.6 Å². The van der Waals surface area contributed by atoms with E-state index < -0.39 is 23.7 Å². The SMILES string of the molecule is Cc1c(C(=O)OC(C)c2cc(F)ccc2F)sc2ncn(C)c(=O)c12. The molecule has 2 aromatic heterocycles. The minimum Gasteiger partial charge on any atom is -0.453 e. The van der Waals surface area contributed by atoms with Crippen LogP contribution < -0.4 is 5.56 Å². The monoisotopic (exact) mass is 364 g/mol. The average Bonchev–Trinajstić information content (AvgIpc) is 2.90. The molecule has 0 amide bonds. The summed E-state index contributed by atoms with van der Waals surface area (Å²) >= 11 is 1.03. The van der Waals surface area contributed by atoms with Gasteiger partial charge < -0.3 is 9.30 Å². The van der Waals surface area contributed by atoms with Crippen LogP contribution in [0, 0.1) is 18.6 Å². The molecule has 1 atom stereocenters. The molecule has 0 spiro atoms. The molecule has 25 heavy (non-hydrogen) atoms. The van der Waals surface area contributed by atoms with Crippen molar-refractivity contribution in [2.75, 3.05) is 0 Å². The maximum atomic E-state index is 13.8. The Kier molecular flexibility index (Phi) is 4.38. The van der Waals surface area contributed by atoms with Crippen molar-refractivity contribution in [3.63, 3.8) is 0 Å². The number of esters is 1. The van der Waals surface area contributed by atoms with E-state index in [1.165, 1.54) is 17.8 Å². The molecular weight excluding hydrogens is 350 g/mol. The lowest BCUT2D eigenvalue weighted by Crippen LogP contribution is -2.17. The molecule has 0 aliphatic carbocycles. The number of thiophene rings is 1. The summed E-state index contributed by atoms with van der Waals surface area (Å²) in [5, 5.41) is 0.353. The molecule has 0 N–H and O–H groups in total. The first-order valence-corrected chi connectivity index (χ1v) is 8.22. The largest absolute Gasteiger partial charge is 0.453 e. The minimum absolute atomic E-state index is 0.0545. The smallest absolute Gasteiger partial charge is 0.349 e. The number of rotatable bonds is 3. The van der Waals surface area contributed by atoms with Crippen LogP contribution >= 0.6 is 11.3 Å². The van der Waals surface area contributed by atoms with Crippen molar-refractivity contribution >= 4 is 27.5 Å². The number of aromatic nitrogens is 2. The number of carbonyl (C=O) groups is 1. The number of hydrogen-bond donors (Lipinski definition) is 0. The van der Waals surface area contributed by atoms with Gasteiger partial charge in [-0.15, -0.1) is 11.3 Å². The van der Waals surface area contributed by atoms with Gasteiger partial charge in [-0.1, -0.05) is 0 Å². The molecule has 3 aromatic rings. The van der Waals surface area contributed by atoms with Gasteiger partial charge in [0.05, 0.1) is 11.7 Å². The lowest BCUT2D eigenvalue weighted by Gasteiger charge is -2.14. The summed E-state index contributed by atoms with van der Waals surface area (Å²) in [6.07, 6.45) is 0.393. The molecule has 0 radical (unpaired) electrons. The van der Waals surface area contributed by atoms with E-state index in [2.05, 4.69) is 4.98 Å². The maximum absolute atomic E-state index is 13.8. The number of halogens is 2. The molecule has 0 bridgehead atoms. The van der Waals surface area contributed by atoms with Crippen LogP contribution in [0.4, 0.5) is 8.78 Å². The molecule has 3 rings (SSSR count). The van der Waals surface area contributed by atoms with Crippen LogP contribution in [0.25, 0.3) is 10.2 Å². The highest BCUT2D eigenvalue weighted by molar-refractivity contribution is 7.20. The molecule has 1 unspecified atom stereocenters. The fraction of sp³-hybridized carbons (Fsp3) is 0.235. The molecule has 0 aliphatic rings. The van der Waals surface area contributed by atoms with E-state index in [1.807, 2.05) is 0 Å². The average molecular weight is 364 g/mol. The third-order valence-electron chi connectivity index (χ3n) is 3.88. The second-order valence-corrected chi connectivity index (χ2v) is 6.61. The molecule has 0 aliphatic heterocycles. The second kappa shape index (κ2) is 6.36. The lowest BCUT2D eigenvalue weighted by molar-refractivity contribution is 0.0336. The first-order valence-electron chi connectivity index (χ1n) is 7.40. The van der Waals surface area contributed by atoms with E-state index in [0.29, 0.717) is 15.8 Å². The Morgan fingerprint density at radius 2 is 2.08 bits per heavy atom. The van der Waals surface area contributed by atoms with Crippen LogP contribution in [0.2, 0.25) is 0 Å². The Balaban J connectivity index is 1.95. The van der Waals surface area contributed by atoms with E-state index in [0.717, 1.165) is 29.5 Å². The molecule has 0 fully saturated rings. The molecule has 130 valence electrons. The van der Waals surface area contributed by atoms with Crippen molar-refractivity contribution in [2.24, 2.45) is 7.05 Å². The van der Waals surface area contributed by atoms with Gasteiger partial charge >= 0.3 is 5.97 Å². The quantitative estimate of drug-likeness (QED) is 0.668. The van der Waals surface area contributed by atoms with Gasteiger partial charge in [-0.2, -0.15) is 0 Å². The van der Waals surface area contributed by atoms with Crippen LogP contribution in [0.5, 0.6) is 0 Å². The zero-order valence-corrected chi connectivity index (χ0v) is 14.5. The molecule has 0 saturated heterocycles. The molecule has 2 heterocycles. The third kappa shape index (κ3) is 3.05. The predicted molar refractivity (Wildman–Crippen MR) is 89.8 cm³/mol. The van der Waals surface area contributed by atoms with Gasteiger partial charge in [0.15, 0.2) is 0 Å². The highest BCUT2D eigenvalue weighted by atomic mass is 32.1. The van der Waals surface area contributed by atoms with Crippen LogP contribution in [0.3, 0.4) is 0 Å². The molecule has 0 saturated carbocycles. The number of aryl methyl sites for hydroxylation is 2.